The third-order valence-electron chi connectivity index (χ3n) is 4.71. The van der Waals surface area contributed by atoms with E-state index in [9.17, 15) is 0 Å². The lowest BCUT2D eigenvalue weighted by atomic mass is 10.00. The van der Waals surface area contributed by atoms with Gasteiger partial charge in [0.05, 0.1) is 0 Å². The largest absolute Gasteiger partial charge is 0.370 e. The summed E-state index contributed by atoms with van der Waals surface area (Å²) < 4.78 is 0. The van der Waals surface area contributed by atoms with Gasteiger partial charge in [-0.15, -0.1) is 24.0 Å². The molecule has 0 bridgehead atoms. The molecular formula is C16H33IN4. The van der Waals surface area contributed by atoms with Gasteiger partial charge >= 0.3 is 0 Å². The van der Waals surface area contributed by atoms with E-state index in [0.29, 0.717) is 0 Å². The van der Waals surface area contributed by atoms with Crippen molar-refractivity contribution in [2.45, 2.75) is 51.9 Å². The van der Waals surface area contributed by atoms with Crippen LogP contribution in [-0.4, -0.2) is 55.0 Å². The molecule has 0 aliphatic carbocycles. The maximum Gasteiger partial charge on any atom is 0.191 e. The lowest BCUT2D eigenvalue weighted by Gasteiger charge is -2.31. The molecule has 0 unspecified atom stereocenters. The summed E-state index contributed by atoms with van der Waals surface area (Å²) >= 11 is 0. The smallest absolute Gasteiger partial charge is 0.191 e. The van der Waals surface area contributed by atoms with Gasteiger partial charge < -0.3 is 15.5 Å². The van der Waals surface area contributed by atoms with Crippen LogP contribution in [0.25, 0.3) is 0 Å². The summed E-state index contributed by atoms with van der Waals surface area (Å²) in [6, 6.07) is 0. The molecule has 2 rings (SSSR count). The molecular weight excluding hydrogens is 375 g/mol. The number of piperidine rings is 1. The molecule has 124 valence electrons. The van der Waals surface area contributed by atoms with Gasteiger partial charge in [0, 0.05) is 19.6 Å². The van der Waals surface area contributed by atoms with Crippen LogP contribution in [0.5, 0.6) is 0 Å². The molecule has 2 aliphatic rings. The number of rotatable bonds is 4. The minimum absolute atomic E-state index is 0. The van der Waals surface area contributed by atoms with E-state index in [2.05, 4.69) is 21.7 Å². The Kier molecular flexibility index (Phi) is 9.64. The molecule has 2 aliphatic heterocycles. The summed E-state index contributed by atoms with van der Waals surface area (Å²) in [4.78, 5) is 9.43. The second kappa shape index (κ2) is 10.6. The minimum Gasteiger partial charge on any atom is -0.370 e. The van der Waals surface area contributed by atoms with Crippen LogP contribution in [-0.2, 0) is 0 Å². The van der Waals surface area contributed by atoms with Gasteiger partial charge in [-0.05, 0) is 57.7 Å². The topological polar surface area (TPSA) is 44.9 Å². The molecule has 2 heterocycles. The average Bonchev–Trinajstić information content (AvgIpc) is 2.73. The second-order valence-corrected chi connectivity index (χ2v) is 6.52. The van der Waals surface area contributed by atoms with Gasteiger partial charge in [0.2, 0.25) is 0 Å². The zero-order valence-electron chi connectivity index (χ0n) is 13.6. The highest BCUT2D eigenvalue weighted by molar-refractivity contribution is 14.0. The van der Waals surface area contributed by atoms with E-state index in [0.717, 1.165) is 37.9 Å². The Morgan fingerprint density at radius 2 is 1.67 bits per heavy atom. The van der Waals surface area contributed by atoms with E-state index in [1.807, 2.05) is 0 Å². The Bertz CT molecular complexity index is 293. The van der Waals surface area contributed by atoms with Gasteiger partial charge in [0.1, 0.15) is 0 Å². The van der Waals surface area contributed by atoms with Crippen molar-refractivity contribution in [1.82, 2.24) is 9.80 Å². The summed E-state index contributed by atoms with van der Waals surface area (Å²) in [5.41, 5.74) is 6.10. The summed E-state index contributed by atoms with van der Waals surface area (Å²) in [5.74, 6) is 1.62. The molecule has 0 amide bonds. The summed E-state index contributed by atoms with van der Waals surface area (Å²) in [6.07, 6.45) is 9.22. The van der Waals surface area contributed by atoms with Crippen molar-refractivity contribution < 1.29 is 0 Å². The summed E-state index contributed by atoms with van der Waals surface area (Å²) in [5, 5.41) is 0. The van der Waals surface area contributed by atoms with Crippen LogP contribution < -0.4 is 5.73 Å². The quantitative estimate of drug-likeness (QED) is 0.337. The Hall–Kier alpha value is -0.0400. The van der Waals surface area contributed by atoms with E-state index in [1.54, 1.807) is 0 Å². The SMILES string of the molecule is CC1CCN(C(N)=NCCCN2CCCCCC2)CC1.I. The Morgan fingerprint density at radius 1 is 1.05 bits per heavy atom. The molecule has 4 nitrogen and oxygen atoms in total. The Morgan fingerprint density at radius 3 is 2.29 bits per heavy atom. The Balaban J connectivity index is 0.00000220. The highest BCUT2D eigenvalue weighted by Gasteiger charge is 2.16. The van der Waals surface area contributed by atoms with Crippen LogP contribution in [0.2, 0.25) is 0 Å². The number of nitrogens with two attached hydrogens (primary N) is 1. The molecule has 2 N–H and O–H groups in total. The van der Waals surface area contributed by atoms with Crippen LogP contribution in [0.3, 0.4) is 0 Å². The zero-order valence-corrected chi connectivity index (χ0v) is 15.9. The number of nitrogens with zero attached hydrogens (tertiary/aromatic N) is 3. The first-order valence-corrected chi connectivity index (χ1v) is 8.53. The summed E-state index contributed by atoms with van der Waals surface area (Å²) in [6.45, 7) is 9.13. The molecule has 0 aromatic rings. The monoisotopic (exact) mass is 408 g/mol. The first kappa shape index (κ1) is 19.0. The maximum absolute atomic E-state index is 6.10. The third-order valence-corrected chi connectivity index (χ3v) is 4.71. The molecule has 0 saturated carbocycles. The van der Waals surface area contributed by atoms with Crippen molar-refractivity contribution in [3.63, 3.8) is 0 Å². The number of likely N-dealkylation sites (tertiary alicyclic amines) is 2. The number of aliphatic imine (C=N–C) groups is 1. The minimum atomic E-state index is 0. The van der Waals surface area contributed by atoms with Gasteiger partial charge in [-0.2, -0.15) is 0 Å². The fourth-order valence-corrected chi connectivity index (χ4v) is 3.19. The Labute approximate surface area is 147 Å². The zero-order chi connectivity index (χ0) is 14.2. The molecule has 5 heteroatoms. The van der Waals surface area contributed by atoms with Crippen molar-refractivity contribution in [3.8, 4) is 0 Å². The van der Waals surface area contributed by atoms with E-state index in [-0.39, 0.29) is 24.0 Å². The molecule has 0 atom stereocenters. The number of hydrogen-bond donors (Lipinski definition) is 1. The predicted octanol–water partition coefficient (Wildman–Crippen LogP) is 2.92. The normalized spacial score (nSPS) is 22.7. The molecule has 0 aromatic carbocycles. The van der Waals surface area contributed by atoms with Gasteiger partial charge in [-0.25, -0.2) is 0 Å². The van der Waals surface area contributed by atoms with E-state index >= 15 is 0 Å². The molecule has 2 fully saturated rings. The predicted molar refractivity (Wildman–Crippen MR) is 101 cm³/mol. The molecule has 21 heavy (non-hydrogen) atoms. The van der Waals surface area contributed by atoms with Gasteiger partial charge in [-0.3, -0.25) is 4.99 Å². The first-order chi connectivity index (χ1) is 9.75. The molecule has 0 spiro atoms. The highest BCUT2D eigenvalue weighted by atomic mass is 127. The summed E-state index contributed by atoms with van der Waals surface area (Å²) in [7, 11) is 0. The molecule has 0 radical (unpaired) electrons. The van der Waals surface area contributed by atoms with Crippen molar-refractivity contribution in [1.29, 1.82) is 0 Å². The second-order valence-electron chi connectivity index (χ2n) is 6.52. The first-order valence-electron chi connectivity index (χ1n) is 8.53. The third kappa shape index (κ3) is 7.17. The van der Waals surface area contributed by atoms with Gasteiger partial charge in [-0.1, -0.05) is 19.8 Å². The lowest BCUT2D eigenvalue weighted by molar-refractivity contribution is 0.275. The molecule has 2 saturated heterocycles. The average molecular weight is 408 g/mol. The lowest BCUT2D eigenvalue weighted by Crippen LogP contribution is -2.42. The number of guanidine groups is 1. The van der Waals surface area contributed by atoms with E-state index < -0.39 is 0 Å². The van der Waals surface area contributed by atoms with Gasteiger partial charge in [0.15, 0.2) is 5.96 Å². The van der Waals surface area contributed by atoms with E-state index in [1.165, 1.54) is 58.2 Å². The number of hydrogen-bond acceptors (Lipinski definition) is 2. The number of halogens is 1. The van der Waals surface area contributed by atoms with Crippen molar-refractivity contribution >= 4 is 29.9 Å². The highest BCUT2D eigenvalue weighted by Crippen LogP contribution is 2.15. The van der Waals surface area contributed by atoms with Crippen LogP contribution >= 0.6 is 24.0 Å². The van der Waals surface area contributed by atoms with Crippen molar-refractivity contribution in [2.75, 3.05) is 39.3 Å². The van der Waals surface area contributed by atoms with Crippen LogP contribution in [0, 0.1) is 5.92 Å². The van der Waals surface area contributed by atoms with Crippen LogP contribution in [0.1, 0.15) is 51.9 Å². The van der Waals surface area contributed by atoms with Crippen LogP contribution in [0.15, 0.2) is 4.99 Å². The van der Waals surface area contributed by atoms with Crippen molar-refractivity contribution in [2.24, 2.45) is 16.6 Å². The van der Waals surface area contributed by atoms with Gasteiger partial charge in [0.25, 0.3) is 0 Å². The van der Waals surface area contributed by atoms with E-state index in [4.69, 9.17) is 5.73 Å². The fraction of sp³-hybridized carbons (Fsp3) is 0.938. The fourth-order valence-electron chi connectivity index (χ4n) is 3.19. The standard InChI is InChI=1S/C16H32N4.HI/c1-15-7-13-20(14-8-15)16(17)18-9-6-12-19-10-4-2-3-5-11-19;/h15H,2-14H2,1H3,(H2,17,18);1H. The molecule has 0 aromatic heterocycles. The van der Waals surface area contributed by atoms with Crippen LogP contribution in [0.4, 0.5) is 0 Å². The maximum atomic E-state index is 6.10. The van der Waals surface area contributed by atoms with Crippen molar-refractivity contribution in [3.05, 3.63) is 0 Å².